The van der Waals surface area contributed by atoms with E-state index in [1.54, 1.807) is 0 Å². The molecule has 1 fully saturated rings. The van der Waals surface area contributed by atoms with Crippen LogP contribution in [0.3, 0.4) is 0 Å². The topological polar surface area (TPSA) is 40.1 Å². The van der Waals surface area contributed by atoms with Crippen LogP contribution in [-0.2, 0) is 4.74 Å². The van der Waals surface area contributed by atoms with Gasteiger partial charge in [0.1, 0.15) is 0 Å². The molecular weight excluding hydrogens is 288 g/mol. The van der Waals surface area contributed by atoms with Crippen LogP contribution in [0, 0.1) is 0 Å². The highest BCUT2D eigenvalue weighted by atomic mass is 16.5. The van der Waals surface area contributed by atoms with Gasteiger partial charge >= 0.3 is 0 Å². The van der Waals surface area contributed by atoms with Crippen LogP contribution >= 0.6 is 0 Å². The van der Waals surface area contributed by atoms with Gasteiger partial charge in [0.25, 0.3) is 0 Å². The second-order valence-electron chi connectivity index (χ2n) is 6.48. The second kappa shape index (κ2) is 9.93. The molecule has 23 heavy (non-hydrogen) atoms. The SMILES string of the molecule is CCNC(=NCCC1=CCOCC1)N(C)CC1CCCN1CC. The third kappa shape index (κ3) is 5.81. The van der Waals surface area contributed by atoms with Crippen molar-refractivity contribution in [2.24, 2.45) is 4.99 Å². The molecule has 1 saturated heterocycles. The first-order valence-electron chi connectivity index (χ1n) is 9.23. The molecule has 1 atom stereocenters. The summed E-state index contributed by atoms with van der Waals surface area (Å²) in [6, 6.07) is 0.673. The van der Waals surface area contributed by atoms with E-state index in [2.05, 4.69) is 42.1 Å². The Balaban J connectivity index is 1.85. The van der Waals surface area contributed by atoms with Crippen LogP contribution in [0.25, 0.3) is 0 Å². The standard InChI is InChI=1S/C18H34N4O/c1-4-19-18(20-11-8-16-9-13-23-14-10-16)21(3)15-17-7-6-12-22(17)5-2/h9,17H,4-8,10-15H2,1-3H3,(H,19,20). The van der Waals surface area contributed by atoms with Gasteiger partial charge in [0.05, 0.1) is 13.2 Å². The number of hydrogen-bond acceptors (Lipinski definition) is 3. The number of aliphatic imine (C=N–C) groups is 1. The third-order valence-electron chi connectivity index (χ3n) is 4.84. The van der Waals surface area contributed by atoms with Gasteiger partial charge in [-0.15, -0.1) is 0 Å². The predicted octanol–water partition coefficient (Wildman–Crippen LogP) is 2.10. The van der Waals surface area contributed by atoms with Crippen LogP contribution in [0.1, 0.15) is 39.5 Å². The minimum atomic E-state index is 0.673. The van der Waals surface area contributed by atoms with Crippen molar-refractivity contribution in [2.75, 3.05) is 53.0 Å². The summed E-state index contributed by atoms with van der Waals surface area (Å²) in [6.45, 7) is 11.3. The first-order chi connectivity index (χ1) is 11.2. The average molecular weight is 322 g/mol. The van der Waals surface area contributed by atoms with Crippen LogP contribution in [0.15, 0.2) is 16.6 Å². The number of hydrogen-bond donors (Lipinski definition) is 1. The molecule has 1 unspecified atom stereocenters. The molecule has 0 bridgehead atoms. The van der Waals surface area contributed by atoms with E-state index >= 15 is 0 Å². The summed E-state index contributed by atoms with van der Waals surface area (Å²) in [5.41, 5.74) is 1.49. The summed E-state index contributed by atoms with van der Waals surface area (Å²) < 4.78 is 5.36. The highest BCUT2D eigenvalue weighted by Crippen LogP contribution is 2.17. The van der Waals surface area contributed by atoms with Gasteiger partial charge in [0.15, 0.2) is 5.96 Å². The van der Waals surface area contributed by atoms with Gasteiger partial charge in [-0.25, -0.2) is 0 Å². The number of rotatable bonds is 7. The summed E-state index contributed by atoms with van der Waals surface area (Å²) in [4.78, 5) is 9.73. The molecule has 132 valence electrons. The summed E-state index contributed by atoms with van der Waals surface area (Å²) in [5.74, 6) is 1.04. The summed E-state index contributed by atoms with van der Waals surface area (Å²) in [7, 11) is 2.17. The van der Waals surface area contributed by atoms with E-state index in [1.165, 1.54) is 25.0 Å². The van der Waals surface area contributed by atoms with Crippen LogP contribution in [0.4, 0.5) is 0 Å². The van der Waals surface area contributed by atoms with Crippen LogP contribution in [-0.4, -0.2) is 74.8 Å². The van der Waals surface area contributed by atoms with Crippen LogP contribution in [0.2, 0.25) is 0 Å². The van der Waals surface area contributed by atoms with Crippen molar-refractivity contribution >= 4 is 5.96 Å². The molecule has 0 saturated carbocycles. The first kappa shape index (κ1) is 18.3. The molecular formula is C18H34N4O. The molecule has 0 spiro atoms. The second-order valence-corrected chi connectivity index (χ2v) is 6.48. The third-order valence-corrected chi connectivity index (χ3v) is 4.84. The lowest BCUT2D eigenvalue weighted by atomic mass is 10.1. The zero-order chi connectivity index (χ0) is 16.5. The predicted molar refractivity (Wildman–Crippen MR) is 97.0 cm³/mol. The Morgan fingerprint density at radius 1 is 1.48 bits per heavy atom. The van der Waals surface area contributed by atoms with Gasteiger partial charge in [-0.05, 0) is 45.7 Å². The normalized spacial score (nSPS) is 23.0. The molecule has 0 aromatic rings. The Labute approximate surface area is 141 Å². The van der Waals surface area contributed by atoms with Crippen molar-refractivity contribution in [3.05, 3.63) is 11.6 Å². The highest BCUT2D eigenvalue weighted by molar-refractivity contribution is 5.79. The molecule has 2 rings (SSSR count). The lowest BCUT2D eigenvalue weighted by Crippen LogP contribution is -2.46. The molecule has 0 radical (unpaired) electrons. The van der Waals surface area contributed by atoms with Gasteiger partial charge < -0.3 is 15.0 Å². The Hall–Kier alpha value is -1.07. The van der Waals surface area contributed by atoms with Crippen molar-refractivity contribution < 1.29 is 4.74 Å². The fourth-order valence-electron chi connectivity index (χ4n) is 3.49. The van der Waals surface area contributed by atoms with Gasteiger partial charge in [-0.1, -0.05) is 18.6 Å². The van der Waals surface area contributed by atoms with Gasteiger partial charge in [-0.3, -0.25) is 9.89 Å². The van der Waals surface area contributed by atoms with Crippen LogP contribution < -0.4 is 5.32 Å². The lowest BCUT2D eigenvalue weighted by Gasteiger charge is -2.29. The Bertz CT molecular complexity index is 408. The number of guanidine groups is 1. The molecule has 2 aliphatic heterocycles. The zero-order valence-corrected chi connectivity index (χ0v) is 15.2. The number of ether oxygens (including phenoxy) is 1. The van der Waals surface area contributed by atoms with E-state index in [4.69, 9.17) is 9.73 Å². The van der Waals surface area contributed by atoms with Crippen molar-refractivity contribution in [3.63, 3.8) is 0 Å². The number of nitrogens with one attached hydrogen (secondary N) is 1. The molecule has 0 amide bonds. The van der Waals surface area contributed by atoms with E-state index in [-0.39, 0.29) is 0 Å². The summed E-state index contributed by atoms with van der Waals surface area (Å²) in [5, 5.41) is 3.44. The van der Waals surface area contributed by atoms with E-state index in [0.29, 0.717) is 6.04 Å². The van der Waals surface area contributed by atoms with E-state index < -0.39 is 0 Å². The Kier molecular flexibility index (Phi) is 7.89. The largest absolute Gasteiger partial charge is 0.377 e. The smallest absolute Gasteiger partial charge is 0.193 e. The number of likely N-dealkylation sites (tertiary alicyclic amines) is 1. The summed E-state index contributed by atoms with van der Waals surface area (Å²) in [6.07, 6.45) is 6.97. The molecule has 2 heterocycles. The summed E-state index contributed by atoms with van der Waals surface area (Å²) >= 11 is 0. The maximum atomic E-state index is 5.36. The highest BCUT2D eigenvalue weighted by Gasteiger charge is 2.24. The van der Waals surface area contributed by atoms with E-state index in [1.807, 2.05) is 0 Å². The molecule has 5 nitrogen and oxygen atoms in total. The van der Waals surface area contributed by atoms with Crippen LogP contribution in [0.5, 0.6) is 0 Å². The van der Waals surface area contributed by atoms with Gasteiger partial charge in [0.2, 0.25) is 0 Å². The molecule has 0 aliphatic carbocycles. The van der Waals surface area contributed by atoms with Crippen molar-refractivity contribution in [1.82, 2.24) is 15.1 Å². The molecule has 1 N–H and O–H groups in total. The molecule has 2 aliphatic rings. The quantitative estimate of drug-likeness (QED) is 0.443. The van der Waals surface area contributed by atoms with E-state index in [0.717, 1.165) is 58.2 Å². The van der Waals surface area contributed by atoms with Gasteiger partial charge in [-0.2, -0.15) is 0 Å². The maximum Gasteiger partial charge on any atom is 0.193 e. The van der Waals surface area contributed by atoms with E-state index in [9.17, 15) is 0 Å². The lowest BCUT2D eigenvalue weighted by molar-refractivity contribution is 0.153. The monoisotopic (exact) mass is 322 g/mol. The molecule has 5 heteroatoms. The zero-order valence-electron chi connectivity index (χ0n) is 15.2. The van der Waals surface area contributed by atoms with Crippen molar-refractivity contribution in [3.8, 4) is 0 Å². The maximum absolute atomic E-state index is 5.36. The fraction of sp³-hybridized carbons (Fsp3) is 0.833. The van der Waals surface area contributed by atoms with Crippen molar-refractivity contribution in [1.29, 1.82) is 0 Å². The Morgan fingerprint density at radius 2 is 2.35 bits per heavy atom. The molecule has 0 aromatic heterocycles. The fourth-order valence-corrected chi connectivity index (χ4v) is 3.49. The van der Waals surface area contributed by atoms with Crippen molar-refractivity contribution in [2.45, 2.75) is 45.6 Å². The number of likely N-dealkylation sites (N-methyl/N-ethyl adjacent to an activating group) is 2. The average Bonchev–Trinajstić information content (AvgIpc) is 3.02. The first-order valence-corrected chi connectivity index (χ1v) is 9.23. The Morgan fingerprint density at radius 3 is 3.04 bits per heavy atom. The minimum absolute atomic E-state index is 0.673. The number of nitrogens with zero attached hydrogens (tertiary/aromatic N) is 3. The minimum Gasteiger partial charge on any atom is -0.377 e. The van der Waals surface area contributed by atoms with Gasteiger partial charge in [0, 0.05) is 32.7 Å². The molecule has 0 aromatic carbocycles.